The smallest absolute Gasteiger partial charge is 0.295 e. The van der Waals surface area contributed by atoms with Crippen LogP contribution in [0.15, 0.2) is 36.5 Å². The van der Waals surface area contributed by atoms with Crippen molar-refractivity contribution in [3.8, 4) is 11.8 Å². The van der Waals surface area contributed by atoms with E-state index in [-0.39, 0.29) is 18.0 Å². The molecule has 0 unspecified atom stereocenters. The van der Waals surface area contributed by atoms with Gasteiger partial charge in [-0.3, -0.25) is 10.1 Å². The first kappa shape index (κ1) is 18.2. The fourth-order valence-corrected chi connectivity index (χ4v) is 2.42. The molecule has 0 aliphatic heterocycles. The van der Waals surface area contributed by atoms with E-state index >= 15 is 0 Å². The number of nitrogens with zero attached hydrogens (tertiary/aromatic N) is 4. The van der Waals surface area contributed by atoms with Crippen LogP contribution >= 0.6 is 0 Å². The van der Waals surface area contributed by atoms with Gasteiger partial charge in [-0.25, -0.2) is 9.97 Å². The molecule has 3 rings (SSSR count). The van der Waals surface area contributed by atoms with Gasteiger partial charge in [0.05, 0.1) is 28.8 Å². The molecule has 0 aliphatic carbocycles. The zero-order chi connectivity index (χ0) is 19.4. The lowest BCUT2D eigenvalue weighted by Gasteiger charge is -2.06. The largest absolute Gasteiger partial charge is 0.481 e. The van der Waals surface area contributed by atoms with Crippen molar-refractivity contribution in [3.63, 3.8) is 0 Å². The molecule has 0 saturated heterocycles. The van der Waals surface area contributed by atoms with Crippen LogP contribution < -0.4 is 9.47 Å². The van der Waals surface area contributed by atoms with Crippen molar-refractivity contribution in [2.24, 2.45) is 0 Å². The number of fused-ring (bicyclic) bond motifs is 1. The molecule has 0 amide bonds. The Morgan fingerprint density at radius 3 is 2.70 bits per heavy atom. The Bertz CT molecular complexity index is 997. The third-order valence-corrected chi connectivity index (χ3v) is 3.69. The lowest BCUT2D eigenvalue weighted by atomic mass is 10.3. The van der Waals surface area contributed by atoms with Crippen LogP contribution in [0.4, 0.5) is 5.69 Å². The van der Waals surface area contributed by atoms with Gasteiger partial charge in [0.25, 0.3) is 5.69 Å². The minimum atomic E-state index is -0.469. The Hall–Kier alpha value is -3.62. The van der Waals surface area contributed by atoms with Crippen LogP contribution in [0.5, 0.6) is 11.8 Å². The molecule has 0 fully saturated rings. The Balaban J connectivity index is 1.79. The molecule has 3 heterocycles. The number of nitrogens with one attached hydrogen (secondary N) is 1. The number of rotatable bonds is 7. The average molecular weight is 369 g/mol. The van der Waals surface area contributed by atoms with E-state index in [1.807, 2.05) is 26.2 Å². The molecule has 0 saturated carbocycles. The van der Waals surface area contributed by atoms with Crippen LogP contribution in [0.25, 0.3) is 17.1 Å². The van der Waals surface area contributed by atoms with E-state index in [4.69, 9.17) is 9.47 Å². The molecular weight excluding hydrogens is 350 g/mol. The monoisotopic (exact) mass is 369 g/mol. The maximum atomic E-state index is 11.2. The molecule has 0 radical (unpaired) electrons. The number of aromatic amines is 1. The zero-order valence-corrected chi connectivity index (χ0v) is 15.2. The average Bonchev–Trinajstić information content (AvgIpc) is 3.06. The van der Waals surface area contributed by atoms with Gasteiger partial charge in [-0.1, -0.05) is 0 Å². The summed E-state index contributed by atoms with van der Waals surface area (Å²) in [5.41, 5.74) is 2.58. The number of nitro groups is 1. The highest BCUT2D eigenvalue weighted by Gasteiger charge is 2.15. The van der Waals surface area contributed by atoms with Crippen LogP contribution in [-0.2, 0) is 6.61 Å². The third kappa shape index (κ3) is 4.32. The highest BCUT2D eigenvalue weighted by molar-refractivity contribution is 5.76. The topological polar surface area (TPSA) is 106 Å². The maximum absolute atomic E-state index is 11.2. The maximum Gasteiger partial charge on any atom is 0.295 e. The molecular formula is C18H19N5O4. The molecule has 0 aromatic carbocycles. The van der Waals surface area contributed by atoms with Crippen molar-refractivity contribution in [2.45, 2.75) is 6.61 Å². The van der Waals surface area contributed by atoms with Gasteiger partial charge < -0.3 is 19.4 Å². The second-order valence-electron chi connectivity index (χ2n) is 5.96. The van der Waals surface area contributed by atoms with E-state index in [9.17, 15) is 10.1 Å². The predicted molar refractivity (Wildman–Crippen MR) is 101 cm³/mol. The molecule has 140 valence electrons. The van der Waals surface area contributed by atoms with Crippen molar-refractivity contribution in [2.75, 3.05) is 21.2 Å². The molecule has 27 heavy (non-hydrogen) atoms. The van der Waals surface area contributed by atoms with E-state index in [1.165, 1.54) is 12.1 Å². The van der Waals surface area contributed by atoms with Gasteiger partial charge in [0, 0.05) is 38.5 Å². The Morgan fingerprint density at radius 1 is 1.22 bits per heavy atom. The first-order chi connectivity index (χ1) is 13.0. The normalized spacial score (nSPS) is 11.1. The van der Waals surface area contributed by atoms with Crippen molar-refractivity contribution in [3.05, 3.63) is 58.0 Å². The lowest BCUT2D eigenvalue weighted by Crippen LogP contribution is -2.03. The second kappa shape index (κ2) is 7.73. The summed E-state index contributed by atoms with van der Waals surface area (Å²) in [6, 6.07) is 8.37. The van der Waals surface area contributed by atoms with Gasteiger partial charge in [0.1, 0.15) is 12.3 Å². The van der Waals surface area contributed by atoms with E-state index in [2.05, 4.69) is 15.0 Å². The summed E-state index contributed by atoms with van der Waals surface area (Å²) >= 11 is 0. The summed E-state index contributed by atoms with van der Waals surface area (Å²) in [4.78, 5) is 24.2. The van der Waals surface area contributed by atoms with Crippen molar-refractivity contribution in [1.82, 2.24) is 19.9 Å². The number of hydrogen-bond donors (Lipinski definition) is 1. The highest BCUT2D eigenvalue weighted by atomic mass is 16.6. The van der Waals surface area contributed by atoms with Crippen molar-refractivity contribution in [1.29, 1.82) is 0 Å². The van der Waals surface area contributed by atoms with Crippen LogP contribution in [0.3, 0.4) is 0 Å². The minimum Gasteiger partial charge on any atom is -0.481 e. The molecule has 9 heteroatoms. The van der Waals surface area contributed by atoms with Gasteiger partial charge in [-0.2, -0.15) is 0 Å². The standard InChI is InChI=1S/C18H19N5O4/c1-22(2)9-8-14-16(23(24)25)5-7-18(20-14)27-11-12-10-15-13(19-12)4-6-17(21-15)26-3/h4-10,19H,11H2,1-3H3. The molecule has 0 aliphatic rings. The summed E-state index contributed by atoms with van der Waals surface area (Å²) in [5, 5.41) is 11.2. The number of ether oxygens (including phenoxy) is 2. The fourth-order valence-electron chi connectivity index (χ4n) is 2.42. The first-order valence-corrected chi connectivity index (χ1v) is 8.12. The number of pyridine rings is 2. The van der Waals surface area contributed by atoms with Gasteiger partial charge in [0.2, 0.25) is 11.8 Å². The molecule has 9 nitrogen and oxygen atoms in total. The first-order valence-electron chi connectivity index (χ1n) is 8.12. The van der Waals surface area contributed by atoms with Crippen LogP contribution in [0, 0.1) is 10.1 Å². The van der Waals surface area contributed by atoms with E-state index in [0.29, 0.717) is 11.8 Å². The van der Waals surface area contributed by atoms with Crippen LogP contribution in [0.2, 0.25) is 0 Å². The van der Waals surface area contributed by atoms with E-state index < -0.39 is 4.92 Å². The zero-order valence-electron chi connectivity index (χ0n) is 15.2. The van der Waals surface area contributed by atoms with Gasteiger partial charge in [-0.05, 0) is 18.2 Å². The lowest BCUT2D eigenvalue weighted by molar-refractivity contribution is -0.385. The second-order valence-corrected chi connectivity index (χ2v) is 5.96. The SMILES string of the molecule is COc1ccc2[nH]c(COc3ccc([N+](=O)[O-])c(C=CN(C)C)n3)cc2n1. The summed E-state index contributed by atoms with van der Waals surface area (Å²) < 4.78 is 10.8. The quantitative estimate of drug-likeness (QED) is 0.504. The fraction of sp³-hybridized carbons (Fsp3) is 0.222. The molecule has 3 aromatic rings. The molecule has 0 spiro atoms. The Kier molecular flexibility index (Phi) is 5.20. The number of hydrogen-bond acceptors (Lipinski definition) is 7. The molecule has 0 atom stereocenters. The van der Waals surface area contributed by atoms with Crippen LogP contribution in [0.1, 0.15) is 11.4 Å². The van der Waals surface area contributed by atoms with Crippen LogP contribution in [-0.4, -0.2) is 46.0 Å². The van der Waals surface area contributed by atoms with Gasteiger partial charge in [-0.15, -0.1) is 0 Å². The Morgan fingerprint density at radius 2 is 2.00 bits per heavy atom. The summed E-state index contributed by atoms with van der Waals surface area (Å²) in [6.07, 6.45) is 3.26. The van der Waals surface area contributed by atoms with E-state index in [1.54, 1.807) is 30.4 Å². The summed E-state index contributed by atoms with van der Waals surface area (Å²) in [6.45, 7) is 0.223. The van der Waals surface area contributed by atoms with Crippen molar-refractivity contribution >= 4 is 22.8 Å². The molecule has 1 N–H and O–H groups in total. The Labute approximate surface area is 155 Å². The highest BCUT2D eigenvalue weighted by Crippen LogP contribution is 2.23. The molecule has 3 aromatic heterocycles. The number of H-pyrrole nitrogens is 1. The molecule has 0 bridgehead atoms. The summed E-state index contributed by atoms with van der Waals surface area (Å²) in [5.74, 6) is 0.825. The van der Waals surface area contributed by atoms with E-state index in [0.717, 1.165) is 16.7 Å². The van der Waals surface area contributed by atoms with Gasteiger partial charge in [0.15, 0.2) is 0 Å². The minimum absolute atomic E-state index is 0.0812. The third-order valence-electron chi connectivity index (χ3n) is 3.69. The number of aromatic nitrogens is 3. The van der Waals surface area contributed by atoms with Crippen molar-refractivity contribution < 1.29 is 14.4 Å². The summed E-state index contributed by atoms with van der Waals surface area (Å²) in [7, 11) is 5.21. The number of methoxy groups -OCH3 is 1. The predicted octanol–water partition coefficient (Wildman–Crippen LogP) is 2.99. The van der Waals surface area contributed by atoms with Gasteiger partial charge >= 0.3 is 0 Å².